The summed E-state index contributed by atoms with van der Waals surface area (Å²) in [5, 5.41) is 2.55. The summed E-state index contributed by atoms with van der Waals surface area (Å²) in [4.78, 5) is 15.7. The highest BCUT2D eigenvalue weighted by Crippen LogP contribution is 2.25. The normalized spacial score (nSPS) is 9.89. The van der Waals surface area contributed by atoms with Crippen LogP contribution < -0.4 is 10.1 Å². The Labute approximate surface area is 103 Å². The van der Waals surface area contributed by atoms with Crippen molar-refractivity contribution in [3.63, 3.8) is 0 Å². The number of rotatable bonds is 3. The molecule has 0 atom stereocenters. The van der Waals surface area contributed by atoms with E-state index >= 15 is 0 Å². The van der Waals surface area contributed by atoms with Crippen LogP contribution in [0.15, 0.2) is 42.6 Å². The van der Waals surface area contributed by atoms with E-state index < -0.39 is 11.7 Å². The van der Waals surface area contributed by atoms with Gasteiger partial charge in [-0.1, -0.05) is 6.07 Å². The van der Waals surface area contributed by atoms with Gasteiger partial charge in [0.1, 0.15) is 17.3 Å². The first-order valence-corrected chi connectivity index (χ1v) is 5.26. The minimum absolute atomic E-state index is 0.254. The molecule has 1 heterocycles. The first-order chi connectivity index (χ1) is 8.70. The second-order valence-electron chi connectivity index (χ2n) is 3.51. The number of carbonyl (C=O) groups is 1. The van der Waals surface area contributed by atoms with E-state index in [1.807, 2.05) is 0 Å². The average Bonchev–Trinajstić information content (AvgIpc) is 2.40. The van der Waals surface area contributed by atoms with Crippen molar-refractivity contribution in [1.29, 1.82) is 0 Å². The molecule has 0 saturated carbocycles. The topological polar surface area (TPSA) is 51.2 Å². The van der Waals surface area contributed by atoms with Crippen LogP contribution in [-0.4, -0.2) is 18.0 Å². The fourth-order valence-electron chi connectivity index (χ4n) is 1.46. The first kappa shape index (κ1) is 12.0. The Balaban J connectivity index is 2.24. The standard InChI is InChI=1S/C13H11FN2O2/c1-18-12-6-5-9(14)8-11(12)16-13(17)10-4-2-3-7-15-10/h2-8H,1H3,(H,16,17). The zero-order valence-corrected chi connectivity index (χ0v) is 9.68. The van der Waals surface area contributed by atoms with Gasteiger partial charge < -0.3 is 10.1 Å². The summed E-state index contributed by atoms with van der Waals surface area (Å²) in [6.45, 7) is 0. The number of amides is 1. The molecule has 5 heteroatoms. The van der Waals surface area contributed by atoms with Crippen LogP contribution >= 0.6 is 0 Å². The average molecular weight is 246 g/mol. The lowest BCUT2D eigenvalue weighted by Crippen LogP contribution is -2.14. The number of methoxy groups -OCH3 is 1. The Kier molecular flexibility index (Phi) is 3.52. The smallest absolute Gasteiger partial charge is 0.274 e. The van der Waals surface area contributed by atoms with Gasteiger partial charge >= 0.3 is 0 Å². The number of nitrogens with zero attached hydrogens (tertiary/aromatic N) is 1. The van der Waals surface area contributed by atoms with E-state index in [4.69, 9.17) is 4.74 Å². The molecule has 92 valence electrons. The summed E-state index contributed by atoms with van der Waals surface area (Å²) in [6, 6.07) is 8.88. The van der Waals surface area contributed by atoms with E-state index in [-0.39, 0.29) is 11.4 Å². The third kappa shape index (κ3) is 2.63. The largest absolute Gasteiger partial charge is 0.495 e. The van der Waals surface area contributed by atoms with Crippen LogP contribution in [0.3, 0.4) is 0 Å². The van der Waals surface area contributed by atoms with Crippen molar-refractivity contribution in [2.45, 2.75) is 0 Å². The highest BCUT2D eigenvalue weighted by molar-refractivity contribution is 6.03. The van der Waals surface area contributed by atoms with Crippen molar-refractivity contribution in [3.05, 3.63) is 54.1 Å². The molecule has 0 saturated heterocycles. The Morgan fingerprint density at radius 2 is 2.17 bits per heavy atom. The van der Waals surface area contributed by atoms with Crippen molar-refractivity contribution in [1.82, 2.24) is 4.98 Å². The van der Waals surface area contributed by atoms with Gasteiger partial charge in [0.05, 0.1) is 12.8 Å². The van der Waals surface area contributed by atoms with E-state index in [9.17, 15) is 9.18 Å². The van der Waals surface area contributed by atoms with Gasteiger partial charge in [-0.25, -0.2) is 4.39 Å². The molecule has 4 nitrogen and oxygen atoms in total. The summed E-state index contributed by atoms with van der Waals surface area (Å²) in [7, 11) is 1.45. The number of anilines is 1. The molecular weight excluding hydrogens is 235 g/mol. The van der Waals surface area contributed by atoms with Gasteiger partial charge in [-0.3, -0.25) is 9.78 Å². The summed E-state index contributed by atoms with van der Waals surface area (Å²) in [6.07, 6.45) is 1.51. The fourth-order valence-corrected chi connectivity index (χ4v) is 1.46. The highest BCUT2D eigenvalue weighted by atomic mass is 19.1. The SMILES string of the molecule is COc1ccc(F)cc1NC(=O)c1ccccn1. The number of hydrogen-bond donors (Lipinski definition) is 1. The number of pyridine rings is 1. The molecule has 0 bridgehead atoms. The Hall–Kier alpha value is -2.43. The van der Waals surface area contributed by atoms with Gasteiger partial charge in [-0.15, -0.1) is 0 Å². The van der Waals surface area contributed by atoms with Gasteiger partial charge in [0.15, 0.2) is 0 Å². The number of benzene rings is 1. The molecule has 0 aliphatic heterocycles. The second kappa shape index (κ2) is 5.27. The zero-order chi connectivity index (χ0) is 13.0. The number of halogens is 1. The predicted octanol–water partition coefficient (Wildman–Crippen LogP) is 2.48. The molecule has 0 unspecified atom stereocenters. The van der Waals surface area contributed by atoms with Crippen molar-refractivity contribution in [3.8, 4) is 5.75 Å². The summed E-state index contributed by atoms with van der Waals surface area (Å²) in [5.41, 5.74) is 0.525. The van der Waals surface area contributed by atoms with Gasteiger partial charge in [-0.2, -0.15) is 0 Å². The number of ether oxygens (including phenoxy) is 1. The molecule has 2 rings (SSSR count). The predicted molar refractivity (Wildman–Crippen MR) is 65.1 cm³/mol. The molecule has 18 heavy (non-hydrogen) atoms. The maximum atomic E-state index is 13.1. The molecule has 1 amide bonds. The quantitative estimate of drug-likeness (QED) is 0.905. The molecule has 1 N–H and O–H groups in total. The maximum Gasteiger partial charge on any atom is 0.274 e. The van der Waals surface area contributed by atoms with E-state index in [0.717, 1.165) is 0 Å². The van der Waals surface area contributed by atoms with Crippen molar-refractivity contribution in [2.75, 3.05) is 12.4 Å². The van der Waals surface area contributed by atoms with E-state index in [1.165, 1.54) is 31.5 Å². The van der Waals surface area contributed by atoms with Crippen molar-refractivity contribution >= 4 is 11.6 Å². The molecule has 2 aromatic rings. The molecule has 0 spiro atoms. The van der Waals surface area contributed by atoms with Gasteiger partial charge in [-0.05, 0) is 24.3 Å². The van der Waals surface area contributed by atoms with Gasteiger partial charge in [0, 0.05) is 12.3 Å². The van der Waals surface area contributed by atoms with Crippen LogP contribution in [0.25, 0.3) is 0 Å². The Bertz CT molecular complexity index is 558. The lowest BCUT2D eigenvalue weighted by atomic mass is 10.2. The van der Waals surface area contributed by atoms with Crippen LogP contribution in [0.4, 0.5) is 10.1 Å². The van der Waals surface area contributed by atoms with E-state index in [2.05, 4.69) is 10.3 Å². The highest BCUT2D eigenvalue weighted by Gasteiger charge is 2.11. The van der Waals surface area contributed by atoms with Gasteiger partial charge in [0.25, 0.3) is 5.91 Å². The molecule has 0 aliphatic carbocycles. The lowest BCUT2D eigenvalue weighted by Gasteiger charge is -2.09. The minimum Gasteiger partial charge on any atom is -0.495 e. The molecule has 0 fully saturated rings. The van der Waals surface area contributed by atoms with Crippen LogP contribution in [0, 0.1) is 5.82 Å². The number of hydrogen-bond acceptors (Lipinski definition) is 3. The van der Waals surface area contributed by atoms with E-state index in [0.29, 0.717) is 5.75 Å². The molecule has 0 aliphatic rings. The summed E-state index contributed by atoms with van der Waals surface area (Å²) in [5.74, 6) is -0.479. The molecule has 1 aromatic carbocycles. The molecule has 0 radical (unpaired) electrons. The lowest BCUT2D eigenvalue weighted by molar-refractivity contribution is 0.102. The van der Waals surface area contributed by atoms with Crippen LogP contribution in [0.2, 0.25) is 0 Å². The third-order valence-electron chi connectivity index (χ3n) is 2.31. The first-order valence-electron chi connectivity index (χ1n) is 5.26. The van der Waals surface area contributed by atoms with E-state index in [1.54, 1.807) is 18.2 Å². The monoisotopic (exact) mass is 246 g/mol. The minimum atomic E-state index is -0.452. The van der Waals surface area contributed by atoms with Crippen LogP contribution in [0.5, 0.6) is 5.75 Å². The zero-order valence-electron chi connectivity index (χ0n) is 9.68. The number of carbonyl (C=O) groups excluding carboxylic acids is 1. The fraction of sp³-hybridized carbons (Fsp3) is 0.0769. The number of nitrogens with one attached hydrogen (secondary N) is 1. The molecular formula is C13H11FN2O2. The molecule has 1 aromatic heterocycles. The van der Waals surface area contributed by atoms with Gasteiger partial charge in [0.2, 0.25) is 0 Å². The summed E-state index contributed by atoms with van der Waals surface area (Å²) < 4.78 is 18.1. The van der Waals surface area contributed by atoms with Crippen molar-refractivity contribution < 1.29 is 13.9 Å². The van der Waals surface area contributed by atoms with Crippen molar-refractivity contribution in [2.24, 2.45) is 0 Å². The second-order valence-corrected chi connectivity index (χ2v) is 3.51. The third-order valence-corrected chi connectivity index (χ3v) is 2.31. The van der Waals surface area contributed by atoms with Crippen LogP contribution in [-0.2, 0) is 0 Å². The van der Waals surface area contributed by atoms with Crippen LogP contribution in [0.1, 0.15) is 10.5 Å². The number of aromatic nitrogens is 1. The maximum absolute atomic E-state index is 13.1. The summed E-state index contributed by atoms with van der Waals surface area (Å²) >= 11 is 0. The Morgan fingerprint density at radius 1 is 1.33 bits per heavy atom. The Morgan fingerprint density at radius 3 is 2.83 bits per heavy atom.